The first-order valence-electron chi connectivity index (χ1n) is 5.99. The topological polar surface area (TPSA) is 92.5 Å². The maximum atomic E-state index is 11.7. The fraction of sp³-hybridized carbons (Fsp3) is 0.462. The molecule has 1 rings (SSSR count). The zero-order valence-electron chi connectivity index (χ0n) is 11.0. The molecule has 0 aliphatic rings. The van der Waals surface area contributed by atoms with Crippen LogP contribution in [0.1, 0.15) is 25.8 Å². The third-order valence-corrected chi connectivity index (χ3v) is 2.64. The molecule has 2 N–H and O–H groups in total. The maximum Gasteiger partial charge on any atom is 0.269 e. The number of aliphatic hydroxyl groups is 1. The molecule has 0 aliphatic heterocycles. The molecule has 0 unspecified atom stereocenters. The van der Waals surface area contributed by atoms with Crippen LogP contribution >= 0.6 is 0 Å². The van der Waals surface area contributed by atoms with E-state index in [4.69, 9.17) is 5.11 Å². The van der Waals surface area contributed by atoms with Gasteiger partial charge in [0.05, 0.1) is 17.1 Å². The van der Waals surface area contributed by atoms with Crippen LogP contribution in [0.25, 0.3) is 0 Å². The number of aliphatic hydroxyl groups excluding tert-OH is 1. The van der Waals surface area contributed by atoms with Gasteiger partial charge in [-0.3, -0.25) is 14.9 Å². The minimum Gasteiger partial charge on any atom is -0.394 e. The van der Waals surface area contributed by atoms with Crippen LogP contribution in [0, 0.1) is 10.1 Å². The molecule has 0 spiro atoms. The van der Waals surface area contributed by atoms with Crippen molar-refractivity contribution in [3.05, 3.63) is 39.9 Å². The standard InChI is InChI=1S/C13H18N2O4/c1-13(2,9-16)14-12(17)7-6-10-4-3-5-11(8-10)15(18)19/h3-5,8,16H,6-7,9H2,1-2H3,(H,14,17). The molecule has 0 fully saturated rings. The summed E-state index contributed by atoms with van der Waals surface area (Å²) >= 11 is 0. The molecule has 0 saturated heterocycles. The highest BCUT2D eigenvalue weighted by molar-refractivity contribution is 5.77. The number of nitrogens with one attached hydrogen (secondary N) is 1. The normalized spacial score (nSPS) is 11.1. The fourth-order valence-electron chi connectivity index (χ4n) is 1.56. The Balaban J connectivity index is 2.55. The Labute approximate surface area is 111 Å². The van der Waals surface area contributed by atoms with E-state index in [2.05, 4.69) is 5.32 Å². The lowest BCUT2D eigenvalue weighted by Gasteiger charge is -2.23. The van der Waals surface area contributed by atoms with Crippen molar-refractivity contribution in [1.29, 1.82) is 0 Å². The van der Waals surface area contributed by atoms with Crippen LogP contribution < -0.4 is 5.32 Å². The summed E-state index contributed by atoms with van der Waals surface area (Å²) in [6.45, 7) is 3.30. The molecule has 0 atom stereocenters. The quantitative estimate of drug-likeness (QED) is 0.601. The molecule has 0 aromatic heterocycles. The summed E-state index contributed by atoms with van der Waals surface area (Å²) in [5.74, 6) is -0.189. The minimum atomic E-state index is -0.653. The number of benzene rings is 1. The Morgan fingerprint density at radius 3 is 2.74 bits per heavy atom. The molecule has 104 valence electrons. The van der Waals surface area contributed by atoms with Crippen molar-refractivity contribution in [2.75, 3.05) is 6.61 Å². The van der Waals surface area contributed by atoms with Gasteiger partial charge < -0.3 is 10.4 Å². The number of carbonyl (C=O) groups is 1. The summed E-state index contributed by atoms with van der Waals surface area (Å²) in [7, 11) is 0. The monoisotopic (exact) mass is 266 g/mol. The first-order chi connectivity index (χ1) is 8.84. The Morgan fingerprint density at radius 2 is 2.16 bits per heavy atom. The molecule has 0 heterocycles. The number of nitro groups is 1. The van der Waals surface area contributed by atoms with E-state index in [1.165, 1.54) is 12.1 Å². The van der Waals surface area contributed by atoms with Crippen molar-refractivity contribution in [2.24, 2.45) is 0 Å². The van der Waals surface area contributed by atoms with E-state index in [0.717, 1.165) is 5.56 Å². The number of amides is 1. The van der Waals surface area contributed by atoms with E-state index in [1.807, 2.05) is 0 Å². The van der Waals surface area contributed by atoms with Crippen LogP contribution in [0.4, 0.5) is 5.69 Å². The van der Waals surface area contributed by atoms with Crippen LogP contribution in [0.3, 0.4) is 0 Å². The third-order valence-electron chi connectivity index (χ3n) is 2.64. The lowest BCUT2D eigenvalue weighted by molar-refractivity contribution is -0.384. The van der Waals surface area contributed by atoms with Gasteiger partial charge in [0.2, 0.25) is 5.91 Å². The molecule has 0 aliphatic carbocycles. The second kappa shape index (κ2) is 6.29. The van der Waals surface area contributed by atoms with E-state index in [0.29, 0.717) is 6.42 Å². The Hall–Kier alpha value is -1.95. The van der Waals surface area contributed by atoms with Crippen LogP contribution in [-0.4, -0.2) is 28.1 Å². The molecule has 1 aromatic carbocycles. The zero-order valence-corrected chi connectivity index (χ0v) is 11.0. The first-order valence-corrected chi connectivity index (χ1v) is 5.99. The lowest BCUT2D eigenvalue weighted by Crippen LogP contribution is -2.46. The summed E-state index contributed by atoms with van der Waals surface area (Å²) in [4.78, 5) is 21.8. The van der Waals surface area contributed by atoms with Gasteiger partial charge in [-0.05, 0) is 25.8 Å². The summed E-state index contributed by atoms with van der Waals surface area (Å²) < 4.78 is 0. The van der Waals surface area contributed by atoms with Gasteiger partial charge in [0.1, 0.15) is 0 Å². The average Bonchev–Trinajstić information content (AvgIpc) is 2.36. The van der Waals surface area contributed by atoms with Crippen LogP contribution in [0.15, 0.2) is 24.3 Å². The van der Waals surface area contributed by atoms with Crippen LogP contribution in [0.2, 0.25) is 0 Å². The van der Waals surface area contributed by atoms with Crippen molar-refractivity contribution < 1.29 is 14.8 Å². The minimum absolute atomic E-state index is 0.0218. The van der Waals surface area contributed by atoms with Gasteiger partial charge in [-0.1, -0.05) is 12.1 Å². The second-order valence-corrected chi connectivity index (χ2v) is 5.02. The maximum absolute atomic E-state index is 11.7. The molecule has 1 aromatic rings. The molecular formula is C13H18N2O4. The highest BCUT2D eigenvalue weighted by atomic mass is 16.6. The second-order valence-electron chi connectivity index (χ2n) is 5.02. The van der Waals surface area contributed by atoms with Crippen molar-refractivity contribution >= 4 is 11.6 Å². The van der Waals surface area contributed by atoms with E-state index in [-0.39, 0.29) is 24.6 Å². The molecule has 6 heteroatoms. The van der Waals surface area contributed by atoms with Crippen molar-refractivity contribution in [2.45, 2.75) is 32.2 Å². The Morgan fingerprint density at radius 1 is 1.47 bits per heavy atom. The van der Waals surface area contributed by atoms with Crippen LogP contribution in [0.5, 0.6) is 0 Å². The highest BCUT2D eigenvalue weighted by Crippen LogP contribution is 2.14. The van der Waals surface area contributed by atoms with Gasteiger partial charge in [-0.25, -0.2) is 0 Å². The molecule has 0 saturated carbocycles. The third kappa shape index (κ3) is 5.05. The van der Waals surface area contributed by atoms with Gasteiger partial charge in [0.25, 0.3) is 5.69 Å². The van der Waals surface area contributed by atoms with E-state index < -0.39 is 10.5 Å². The van der Waals surface area contributed by atoms with Crippen molar-refractivity contribution in [1.82, 2.24) is 5.32 Å². The Bertz CT molecular complexity index is 471. The number of nitro benzene ring substituents is 1. The SMILES string of the molecule is CC(C)(CO)NC(=O)CCc1cccc([N+](=O)[O-])c1. The number of carbonyl (C=O) groups excluding carboxylic acids is 1. The van der Waals surface area contributed by atoms with E-state index in [1.54, 1.807) is 26.0 Å². The predicted molar refractivity (Wildman–Crippen MR) is 70.7 cm³/mol. The van der Waals surface area contributed by atoms with E-state index >= 15 is 0 Å². The van der Waals surface area contributed by atoms with Crippen molar-refractivity contribution in [3.63, 3.8) is 0 Å². The number of hydrogen-bond donors (Lipinski definition) is 2. The van der Waals surface area contributed by atoms with Gasteiger partial charge in [0, 0.05) is 18.6 Å². The van der Waals surface area contributed by atoms with Crippen molar-refractivity contribution in [3.8, 4) is 0 Å². The van der Waals surface area contributed by atoms with Gasteiger partial charge in [0.15, 0.2) is 0 Å². The molecule has 6 nitrogen and oxygen atoms in total. The molecule has 1 amide bonds. The summed E-state index contributed by atoms with van der Waals surface area (Å²) in [5, 5.41) is 22.3. The molecule has 0 radical (unpaired) electrons. The summed E-state index contributed by atoms with van der Waals surface area (Å²) in [6.07, 6.45) is 0.652. The largest absolute Gasteiger partial charge is 0.394 e. The van der Waals surface area contributed by atoms with Crippen LogP contribution in [-0.2, 0) is 11.2 Å². The lowest BCUT2D eigenvalue weighted by atomic mass is 10.1. The van der Waals surface area contributed by atoms with Gasteiger partial charge >= 0.3 is 0 Å². The van der Waals surface area contributed by atoms with Gasteiger partial charge in [-0.2, -0.15) is 0 Å². The number of rotatable bonds is 6. The number of non-ortho nitro benzene ring substituents is 1. The molecule has 0 bridgehead atoms. The summed E-state index contributed by atoms with van der Waals surface area (Å²) in [6, 6.07) is 6.23. The van der Waals surface area contributed by atoms with Gasteiger partial charge in [-0.15, -0.1) is 0 Å². The first kappa shape index (κ1) is 15.1. The molecule has 19 heavy (non-hydrogen) atoms. The smallest absolute Gasteiger partial charge is 0.269 e. The highest BCUT2D eigenvalue weighted by Gasteiger charge is 2.18. The Kier molecular flexibility index (Phi) is 5.00. The number of nitrogens with zero attached hydrogens (tertiary/aromatic N) is 1. The number of aryl methyl sites for hydroxylation is 1. The zero-order chi connectivity index (χ0) is 14.5. The number of hydrogen-bond acceptors (Lipinski definition) is 4. The predicted octanol–water partition coefficient (Wildman–Crippen LogP) is 1.41. The fourth-order valence-corrected chi connectivity index (χ4v) is 1.56. The molecular weight excluding hydrogens is 248 g/mol. The average molecular weight is 266 g/mol. The summed E-state index contributed by atoms with van der Waals surface area (Å²) in [5.41, 5.74) is 0.111. The van der Waals surface area contributed by atoms with E-state index in [9.17, 15) is 14.9 Å².